The first kappa shape index (κ1) is 10.5. The van der Waals surface area contributed by atoms with E-state index in [-0.39, 0.29) is 5.60 Å². The molecule has 0 bridgehead atoms. The number of imidazole rings is 1. The van der Waals surface area contributed by atoms with E-state index in [1.165, 1.54) is 0 Å². The van der Waals surface area contributed by atoms with E-state index >= 15 is 0 Å². The molecule has 0 aromatic carbocycles. The van der Waals surface area contributed by atoms with E-state index < -0.39 is 0 Å². The highest BCUT2D eigenvalue weighted by atomic mass is 32.1. The van der Waals surface area contributed by atoms with E-state index in [4.69, 9.17) is 17.0 Å². The summed E-state index contributed by atoms with van der Waals surface area (Å²) in [5, 5.41) is 0. The summed E-state index contributed by atoms with van der Waals surface area (Å²) < 4.78 is 8.07. The van der Waals surface area contributed by atoms with Crippen molar-refractivity contribution in [3.8, 4) is 0 Å². The maximum absolute atomic E-state index is 5.32. The van der Waals surface area contributed by atoms with Crippen LogP contribution in [-0.4, -0.2) is 22.3 Å². The standard InChI is InChI=1S/C9H16N2OS/c1-7-5-11(8(13)10-7)6-9(2,3)12-4/h5H,6H2,1-4H3,(H,10,13). The lowest BCUT2D eigenvalue weighted by Gasteiger charge is -2.22. The van der Waals surface area contributed by atoms with Gasteiger partial charge in [0.1, 0.15) is 0 Å². The molecule has 0 radical (unpaired) electrons. The van der Waals surface area contributed by atoms with E-state index in [1.807, 2.05) is 31.5 Å². The molecule has 0 spiro atoms. The Morgan fingerprint density at radius 2 is 2.23 bits per heavy atom. The van der Waals surface area contributed by atoms with E-state index in [0.29, 0.717) is 0 Å². The van der Waals surface area contributed by atoms with Crippen molar-refractivity contribution >= 4 is 12.2 Å². The van der Waals surface area contributed by atoms with Crippen LogP contribution >= 0.6 is 12.2 Å². The van der Waals surface area contributed by atoms with Gasteiger partial charge in [-0.15, -0.1) is 0 Å². The Hall–Kier alpha value is -0.610. The van der Waals surface area contributed by atoms with Gasteiger partial charge in [0.2, 0.25) is 0 Å². The maximum Gasteiger partial charge on any atom is 0.177 e. The van der Waals surface area contributed by atoms with Crippen LogP contribution in [0.5, 0.6) is 0 Å². The molecule has 1 N–H and O–H groups in total. The zero-order valence-corrected chi connectivity index (χ0v) is 9.36. The molecule has 0 aliphatic heterocycles. The second kappa shape index (κ2) is 3.64. The summed E-state index contributed by atoms with van der Waals surface area (Å²) in [5.41, 5.74) is 0.907. The number of aromatic nitrogens is 2. The molecular weight excluding hydrogens is 184 g/mol. The molecule has 3 nitrogen and oxygen atoms in total. The average Bonchev–Trinajstić information content (AvgIpc) is 2.30. The Morgan fingerprint density at radius 3 is 2.62 bits per heavy atom. The average molecular weight is 200 g/mol. The van der Waals surface area contributed by atoms with Gasteiger partial charge in [0.25, 0.3) is 0 Å². The molecule has 0 aliphatic rings. The summed E-state index contributed by atoms with van der Waals surface area (Å²) in [6.45, 7) is 6.84. The number of nitrogens with one attached hydrogen (secondary N) is 1. The van der Waals surface area contributed by atoms with Crippen molar-refractivity contribution in [3.63, 3.8) is 0 Å². The van der Waals surface area contributed by atoms with E-state index in [9.17, 15) is 0 Å². The zero-order valence-electron chi connectivity index (χ0n) is 8.55. The minimum atomic E-state index is -0.174. The Morgan fingerprint density at radius 1 is 1.62 bits per heavy atom. The van der Waals surface area contributed by atoms with Crippen molar-refractivity contribution in [1.29, 1.82) is 0 Å². The Labute approximate surface area is 83.7 Å². The van der Waals surface area contributed by atoms with Crippen LogP contribution in [0.1, 0.15) is 19.5 Å². The number of aryl methyl sites for hydroxylation is 1. The highest BCUT2D eigenvalue weighted by Crippen LogP contribution is 2.11. The molecule has 1 rings (SSSR count). The number of rotatable bonds is 3. The lowest BCUT2D eigenvalue weighted by atomic mass is 10.1. The first-order valence-electron chi connectivity index (χ1n) is 4.26. The monoisotopic (exact) mass is 200 g/mol. The Balaban J connectivity index is 2.86. The predicted molar refractivity (Wildman–Crippen MR) is 55.4 cm³/mol. The molecule has 0 aliphatic carbocycles. The van der Waals surface area contributed by atoms with Crippen LogP contribution in [-0.2, 0) is 11.3 Å². The van der Waals surface area contributed by atoms with Crippen LogP contribution < -0.4 is 0 Å². The van der Waals surface area contributed by atoms with Gasteiger partial charge in [-0.2, -0.15) is 0 Å². The second-order valence-corrected chi connectivity index (χ2v) is 4.22. The summed E-state index contributed by atoms with van der Waals surface area (Å²) in [5.74, 6) is 0. The molecule has 0 unspecified atom stereocenters. The van der Waals surface area contributed by atoms with Gasteiger partial charge in [-0.1, -0.05) is 0 Å². The molecular formula is C9H16N2OS. The highest BCUT2D eigenvalue weighted by Gasteiger charge is 2.17. The summed E-state index contributed by atoms with van der Waals surface area (Å²) in [6, 6.07) is 0. The van der Waals surface area contributed by atoms with Crippen LogP contribution in [0.3, 0.4) is 0 Å². The molecule has 4 heteroatoms. The SMILES string of the molecule is COC(C)(C)Cn1cc(C)[nH]c1=S. The van der Waals surface area contributed by atoms with Crippen molar-refractivity contribution in [3.05, 3.63) is 16.7 Å². The van der Waals surface area contributed by atoms with E-state index in [1.54, 1.807) is 7.11 Å². The molecule has 0 saturated carbocycles. The molecule has 0 fully saturated rings. The van der Waals surface area contributed by atoms with Gasteiger partial charge in [0, 0.05) is 19.0 Å². The maximum atomic E-state index is 5.32. The highest BCUT2D eigenvalue weighted by molar-refractivity contribution is 7.71. The fourth-order valence-corrected chi connectivity index (χ4v) is 1.44. The molecule has 0 atom stereocenters. The lowest BCUT2D eigenvalue weighted by molar-refractivity contribution is 0.00784. The Bertz CT molecular complexity index is 338. The fraction of sp³-hybridized carbons (Fsp3) is 0.667. The number of hydrogen-bond acceptors (Lipinski definition) is 2. The van der Waals surface area contributed by atoms with Crippen molar-refractivity contribution < 1.29 is 4.74 Å². The van der Waals surface area contributed by atoms with Crippen LogP contribution in [0.15, 0.2) is 6.20 Å². The molecule has 0 amide bonds. The number of aromatic amines is 1. The number of nitrogens with zero attached hydrogens (tertiary/aromatic N) is 1. The third-order valence-electron chi connectivity index (χ3n) is 2.02. The van der Waals surface area contributed by atoms with Crippen molar-refractivity contribution in [2.45, 2.75) is 32.9 Å². The zero-order chi connectivity index (χ0) is 10.1. The van der Waals surface area contributed by atoms with Crippen LogP contribution in [0, 0.1) is 11.7 Å². The van der Waals surface area contributed by atoms with Gasteiger partial charge in [-0.05, 0) is 33.0 Å². The normalized spacial score (nSPS) is 12.0. The molecule has 0 saturated heterocycles. The third-order valence-corrected chi connectivity index (χ3v) is 2.35. The molecule has 1 aromatic heterocycles. The van der Waals surface area contributed by atoms with Crippen molar-refractivity contribution in [2.75, 3.05) is 7.11 Å². The number of H-pyrrole nitrogens is 1. The summed E-state index contributed by atoms with van der Waals surface area (Å²) in [6.07, 6.45) is 2.00. The third kappa shape index (κ3) is 2.67. The largest absolute Gasteiger partial charge is 0.377 e. The first-order chi connectivity index (χ1) is 5.94. The number of ether oxygens (including phenoxy) is 1. The molecule has 1 heterocycles. The predicted octanol–water partition coefficient (Wildman–Crippen LogP) is 2.28. The minimum absolute atomic E-state index is 0.174. The minimum Gasteiger partial charge on any atom is -0.377 e. The van der Waals surface area contributed by atoms with Crippen molar-refractivity contribution in [1.82, 2.24) is 9.55 Å². The van der Waals surface area contributed by atoms with Gasteiger partial charge in [-0.25, -0.2) is 0 Å². The topological polar surface area (TPSA) is 29.9 Å². The first-order valence-corrected chi connectivity index (χ1v) is 4.67. The fourth-order valence-electron chi connectivity index (χ4n) is 1.16. The van der Waals surface area contributed by atoms with E-state index in [0.717, 1.165) is 17.0 Å². The smallest absolute Gasteiger partial charge is 0.177 e. The van der Waals surface area contributed by atoms with Gasteiger partial charge in [0.15, 0.2) is 4.77 Å². The van der Waals surface area contributed by atoms with Gasteiger partial charge in [-0.3, -0.25) is 0 Å². The summed E-state index contributed by atoms with van der Waals surface area (Å²) in [7, 11) is 1.71. The van der Waals surface area contributed by atoms with Crippen LogP contribution in [0.25, 0.3) is 0 Å². The number of methoxy groups -OCH3 is 1. The lowest BCUT2D eigenvalue weighted by Crippen LogP contribution is -2.28. The van der Waals surface area contributed by atoms with Crippen molar-refractivity contribution in [2.24, 2.45) is 0 Å². The molecule has 13 heavy (non-hydrogen) atoms. The van der Waals surface area contributed by atoms with Crippen LogP contribution in [0.4, 0.5) is 0 Å². The molecule has 74 valence electrons. The Kier molecular flexibility index (Phi) is 2.93. The van der Waals surface area contributed by atoms with Gasteiger partial charge >= 0.3 is 0 Å². The molecule has 1 aromatic rings. The van der Waals surface area contributed by atoms with Gasteiger partial charge < -0.3 is 14.3 Å². The van der Waals surface area contributed by atoms with Crippen LogP contribution in [0.2, 0.25) is 0 Å². The summed E-state index contributed by atoms with van der Waals surface area (Å²) >= 11 is 5.14. The summed E-state index contributed by atoms with van der Waals surface area (Å²) in [4.78, 5) is 3.08. The number of hydrogen-bond donors (Lipinski definition) is 1. The van der Waals surface area contributed by atoms with Gasteiger partial charge in [0.05, 0.1) is 12.1 Å². The second-order valence-electron chi connectivity index (χ2n) is 3.83. The van der Waals surface area contributed by atoms with E-state index in [2.05, 4.69) is 4.98 Å². The quantitative estimate of drug-likeness (QED) is 0.759.